The monoisotopic (exact) mass is 470 g/mol. The fourth-order valence-electron chi connectivity index (χ4n) is 3.16. The molecule has 0 unspecified atom stereocenters. The number of non-ortho nitro benzene ring substituents is 1. The molecule has 1 aliphatic heterocycles. The molecule has 10 heteroatoms. The molecule has 1 amide bonds. The van der Waals surface area contributed by atoms with E-state index in [1.807, 2.05) is 0 Å². The van der Waals surface area contributed by atoms with Gasteiger partial charge in [0.25, 0.3) is 5.69 Å². The van der Waals surface area contributed by atoms with Gasteiger partial charge in [-0.25, -0.2) is 9.18 Å². The molecule has 1 fully saturated rings. The van der Waals surface area contributed by atoms with E-state index in [9.17, 15) is 19.3 Å². The molecule has 0 spiro atoms. The quantitative estimate of drug-likeness (QED) is 0.309. The normalized spacial score (nSPS) is 19.7. The molecule has 180 valence electrons. The summed E-state index contributed by atoms with van der Waals surface area (Å²) in [5.41, 5.74) is -1.01. The van der Waals surface area contributed by atoms with Crippen molar-refractivity contribution < 1.29 is 28.0 Å². The molecular formula is C22H35FN2O6Si. The maximum atomic E-state index is 14.2. The first-order valence-corrected chi connectivity index (χ1v) is 13.7. The van der Waals surface area contributed by atoms with Crippen LogP contribution in [0, 0.1) is 15.9 Å². The van der Waals surface area contributed by atoms with Gasteiger partial charge in [-0.05, 0) is 51.4 Å². The second kappa shape index (κ2) is 9.34. The largest absolute Gasteiger partial charge is 0.488 e. The van der Waals surface area contributed by atoms with E-state index in [4.69, 9.17) is 13.9 Å². The van der Waals surface area contributed by atoms with Crippen LogP contribution in [0.5, 0.6) is 5.75 Å². The lowest BCUT2D eigenvalue weighted by Gasteiger charge is -2.38. The summed E-state index contributed by atoms with van der Waals surface area (Å²) in [6, 6.07) is 2.85. The van der Waals surface area contributed by atoms with Crippen LogP contribution < -0.4 is 4.74 Å². The Morgan fingerprint density at radius 1 is 1.25 bits per heavy atom. The van der Waals surface area contributed by atoms with Gasteiger partial charge in [-0.1, -0.05) is 20.8 Å². The molecule has 1 aliphatic rings. The SMILES string of the molecule is CC(C)(C)OC(=O)N1C[C@H](O[Si](C)(C)C(C)(C)C)C[C@H]1COc1ccc([N+](=O)[O-])cc1F. The summed E-state index contributed by atoms with van der Waals surface area (Å²) in [6.07, 6.45) is -0.129. The highest BCUT2D eigenvalue weighted by atomic mass is 28.4. The van der Waals surface area contributed by atoms with Gasteiger partial charge in [-0.15, -0.1) is 0 Å². The highest BCUT2D eigenvalue weighted by Gasteiger charge is 2.44. The van der Waals surface area contributed by atoms with Crippen molar-refractivity contribution in [2.45, 2.75) is 83.8 Å². The molecule has 1 heterocycles. The summed E-state index contributed by atoms with van der Waals surface area (Å²) in [5, 5.41) is 10.8. The van der Waals surface area contributed by atoms with Crippen LogP contribution in [0.2, 0.25) is 18.1 Å². The number of hydrogen-bond donors (Lipinski definition) is 0. The summed E-state index contributed by atoms with van der Waals surface area (Å²) in [6.45, 7) is 16.5. The molecule has 0 radical (unpaired) electrons. The lowest BCUT2D eigenvalue weighted by Crippen LogP contribution is -2.45. The molecular weight excluding hydrogens is 435 g/mol. The minimum Gasteiger partial charge on any atom is -0.488 e. The van der Waals surface area contributed by atoms with Gasteiger partial charge in [0, 0.05) is 12.6 Å². The van der Waals surface area contributed by atoms with E-state index in [1.165, 1.54) is 12.1 Å². The van der Waals surface area contributed by atoms with Gasteiger partial charge in [0.1, 0.15) is 12.2 Å². The number of halogens is 1. The Hall–Kier alpha value is -2.20. The zero-order chi connectivity index (χ0) is 24.5. The van der Waals surface area contributed by atoms with Crippen LogP contribution in [0.1, 0.15) is 48.0 Å². The Bertz CT molecular complexity index is 850. The number of carbonyl (C=O) groups excluding carboxylic acids is 1. The van der Waals surface area contributed by atoms with E-state index in [-0.39, 0.29) is 35.2 Å². The lowest BCUT2D eigenvalue weighted by molar-refractivity contribution is -0.385. The molecule has 1 aromatic carbocycles. The number of nitro groups is 1. The van der Waals surface area contributed by atoms with Gasteiger partial charge < -0.3 is 13.9 Å². The summed E-state index contributed by atoms with van der Waals surface area (Å²) in [7, 11) is -2.07. The van der Waals surface area contributed by atoms with Crippen LogP contribution in [0.25, 0.3) is 0 Å². The standard InChI is InChI=1S/C22H35FN2O6Si/c1-21(2,3)30-20(26)24-13-17(31-32(7,8)22(4,5)6)11-16(24)14-29-19-10-9-15(25(27)28)12-18(19)23/h9-10,12,16-17H,11,13-14H2,1-8H3/t16-,17+/m0/s1. The number of benzene rings is 1. The van der Waals surface area contributed by atoms with Crippen LogP contribution in [-0.4, -0.2) is 55.1 Å². The molecule has 8 nitrogen and oxygen atoms in total. The van der Waals surface area contributed by atoms with Crippen molar-refractivity contribution in [2.24, 2.45) is 0 Å². The molecule has 2 atom stereocenters. The van der Waals surface area contributed by atoms with Crippen molar-refractivity contribution in [2.75, 3.05) is 13.2 Å². The maximum Gasteiger partial charge on any atom is 0.410 e. The minimum atomic E-state index is -2.07. The van der Waals surface area contributed by atoms with Gasteiger partial charge in [-0.2, -0.15) is 0 Å². The fraction of sp³-hybridized carbons (Fsp3) is 0.682. The summed E-state index contributed by atoms with van der Waals surface area (Å²) in [5.74, 6) is -0.927. The van der Waals surface area contributed by atoms with E-state index in [0.29, 0.717) is 13.0 Å². The smallest absolute Gasteiger partial charge is 0.410 e. The van der Waals surface area contributed by atoms with Gasteiger partial charge in [0.15, 0.2) is 19.9 Å². The number of likely N-dealkylation sites (tertiary alicyclic amines) is 1. The van der Waals surface area contributed by atoms with Crippen molar-refractivity contribution in [3.8, 4) is 5.75 Å². The van der Waals surface area contributed by atoms with Crippen LogP contribution >= 0.6 is 0 Å². The Balaban J connectivity index is 2.17. The van der Waals surface area contributed by atoms with Crippen molar-refractivity contribution in [3.63, 3.8) is 0 Å². The lowest BCUT2D eigenvalue weighted by atomic mass is 10.2. The van der Waals surface area contributed by atoms with Gasteiger partial charge in [-0.3, -0.25) is 15.0 Å². The number of hydrogen-bond acceptors (Lipinski definition) is 6. The molecule has 0 N–H and O–H groups in total. The van der Waals surface area contributed by atoms with E-state index in [0.717, 1.165) is 6.07 Å². The predicted octanol–water partition coefficient (Wildman–Crippen LogP) is 5.51. The molecule has 2 rings (SSSR count). The van der Waals surface area contributed by atoms with Gasteiger partial charge in [0.05, 0.1) is 23.1 Å². The molecule has 0 aliphatic carbocycles. The third kappa shape index (κ3) is 6.65. The molecule has 0 bridgehead atoms. The highest BCUT2D eigenvalue weighted by Crippen LogP contribution is 2.39. The fourth-order valence-corrected chi connectivity index (χ4v) is 4.52. The number of rotatable bonds is 6. The summed E-state index contributed by atoms with van der Waals surface area (Å²) in [4.78, 5) is 24.6. The van der Waals surface area contributed by atoms with E-state index in [1.54, 1.807) is 25.7 Å². The first kappa shape index (κ1) is 26.1. The molecule has 1 saturated heterocycles. The van der Waals surface area contributed by atoms with Gasteiger partial charge in [0.2, 0.25) is 0 Å². The van der Waals surface area contributed by atoms with Crippen LogP contribution in [-0.2, 0) is 9.16 Å². The van der Waals surface area contributed by atoms with Crippen molar-refractivity contribution in [1.29, 1.82) is 0 Å². The van der Waals surface area contributed by atoms with E-state index in [2.05, 4.69) is 33.9 Å². The summed E-state index contributed by atoms with van der Waals surface area (Å²) >= 11 is 0. The second-order valence-corrected chi connectivity index (χ2v) is 15.5. The average Bonchev–Trinajstić information content (AvgIpc) is 3.00. The third-order valence-electron chi connectivity index (χ3n) is 5.83. The number of amides is 1. The first-order valence-electron chi connectivity index (χ1n) is 10.7. The Morgan fingerprint density at radius 2 is 1.88 bits per heavy atom. The van der Waals surface area contributed by atoms with Crippen LogP contribution in [0.15, 0.2) is 18.2 Å². The molecule has 0 saturated carbocycles. The number of nitrogens with zero attached hydrogens (tertiary/aromatic N) is 2. The van der Waals surface area contributed by atoms with E-state index >= 15 is 0 Å². The second-order valence-electron chi connectivity index (χ2n) is 10.7. The van der Waals surface area contributed by atoms with E-state index < -0.39 is 30.8 Å². The Kier molecular flexibility index (Phi) is 7.61. The molecule has 1 aromatic rings. The molecule has 0 aromatic heterocycles. The predicted molar refractivity (Wildman–Crippen MR) is 122 cm³/mol. The van der Waals surface area contributed by atoms with Crippen LogP contribution in [0.3, 0.4) is 0 Å². The third-order valence-corrected chi connectivity index (χ3v) is 10.4. The topological polar surface area (TPSA) is 91.1 Å². The number of carbonyl (C=O) groups is 1. The van der Waals surface area contributed by atoms with Gasteiger partial charge >= 0.3 is 6.09 Å². The van der Waals surface area contributed by atoms with Crippen molar-refractivity contribution in [1.82, 2.24) is 4.90 Å². The zero-order valence-electron chi connectivity index (χ0n) is 20.2. The Labute approximate surface area is 190 Å². The molecule has 32 heavy (non-hydrogen) atoms. The average molecular weight is 471 g/mol. The first-order chi connectivity index (χ1) is 14.5. The van der Waals surface area contributed by atoms with Crippen LogP contribution in [0.4, 0.5) is 14.9 Å². The van der Waals surface area contributed by atoms with Crippen molar-refractivity contribution >= 4 is 20.1 Å². The number of nitro benzene ring substituents is 1. The van der Waals surface area contributed by atoms with Crippen molar-refractivity contribution in [3.05, 3.63) is 34.1 Å². The summed E-state index contributed by atoms with van der Waals surface area (Å²) < 4.78 is 31.9. The minimum absolute atomic E-state index is 0.0141. The zero-order valence-corrected chi connectivity index (χ0v) is 21.2. The Morgan fingerprint density at radius 3 is 2.38 bits per heavy atom. The highest BCUT2D eigenvalue weighted by molar-refractivity contribution is 6.74. The maximum absolute atomic E-state index is 14.2. The number of ether oxygens (including phenoxy) is 2.